The lowest BCUT2D eigenvalue weighted by molar-refractivity contribution is -0.120. The minimum atomic E-state index is -0.320. The van der Waals surface area contributed by atoms with Crippen molar-refractivity contribution in [1.29, 1.82) is 0 Å². The Morgan fingerprint density at radius 1 is 1.03 bits per heavy atom. The van der Waals surface area contributed by atoms with Gasteiger partial charge < -0.3 is 14.8 Å². The molecule has 30 heavy (non-hydrogen) atoms. The Morgan fingerprint density at radius 3 is 2.57 bits per heavy atom. The number of carbonyl (C=O) groups is 1. The maximum Gasteiger partial charge on any atom is 0.226 e. The number of nitrogens with one attached hydrogen (secondary N) is 1. The van der Waals surface area contributed by atoms with Crippen molar-refractivity contribution in [3.8, 4) is 22.6 Å². The van der Waals surface area contributed by atoms with Crippen LogP contribution < -0.4 is 14.8 Å². The van der Waals surface area contributed by atoms with E-state index >= 15 is 0 Å². The second-order valence-corrected chi connectivity index (χ2v) is 6.65. The van der Waals surface area contributed by atoms with Crippen LogP contribution in [0.15, 0.2) is 60.8 Å². The van der Waals surface area contributed by atoms with Gasteiger partial charge in [0.15, 0.2) is 0 Å². The number of hydrogen-bond acceptors (Lipinski definition) is 4. The van der Waals surface area contributed by atoms with Crippen LogP contribution in [0.25, 0.3) is 11.1 Å². The second-order valence-electron chi connectivity index (χ2n) is 6.65. The van der Waals surface area contributed by atoms with E-state index in [1.807, 2.05) is 44.2 Å². The maximum absolute atomic E-state index is 13.2. The van der Waals surface area contributed by atoms with Crippen LogP contribution in [0.4, 0.5) is 4.39 Å². The van der Waals surface area contributed by atoms with Gasteiger partial charge in [0, 0.05) is 35.6 Å². The fourth-order valence-electron chi connectivity index (χ4n) is 3.04. The third-order valence-corrected chi connectivity index (χ3v) is 4.42. The monoisotopic (exact) mass is 408 g/mol. The summed E-state index contributed by atoms with van der Waals surface area (Å²) in [5.74, 6) is 0.991. The number of amides is 1. The third-order valence-electron chi connectivity index (χ3n) is 4.42. The van der Waals surface area contributed by atoms with Crippen LogP contribution in [-0.2, 0) is 17.8 Å². The van der Waals surface area contributed by atoms with E-state index in [1.165, 1.54) is 12.1 Å². The number of pyridine rings is 1. The summed E-state index contributed by atoms with van der Waals surface area (Å²) in [6, 6.07) is 15.6. The number of nitrogens with zero attached hydrogens (tertiary/aromatic N) is 1. The smallest absolute Gasteiger partial charge is 0.226 e. The van der Waals surface area contributed by atoms with Crippen LogP contribution >= 0.6 is 0 Å². The lowest BCUT2D eigenvalue weighted by atomic mass is 10.1. The van der Waals surface area contributed by atoms with Crippen LogP contribution in [0.1, 0.15) is 25.1 Å². The van der Waals surface area contributed by atoms with Crippen LogP contribution in [0.3, 0.4) is 0 Å². The van der Waals surface area contributed by atoms with Gasteiger partial charge in [0.05, 0.1) is 19.6 Å². The van der Waals surface area contributed by atoms with E-state index in [2.05, 4.69) is 10.3 Å². The highest BCUT2D eigenvalue weighted by atomic mass is 19.1. The zero-order chi connectivity index (χ0) is 21.3. The van der Waals surface area contributed by atoms with Gasteiger partial charge in [-0.05, 0) is 49.7 Å². The molecule has 3 aromatic rings. The highest BCUT2D eigenvalue weighted by Crippen LogP contribution is 2.33. The van der Waals surface area contributed by atoms with E-state index in [4.69, 9.17) is 9.47 Å². The predicted octanol–water partition coefficient (Wildman–Crippen LogP) is 4.54. The zero-order valence-electron chi connectivity index (χ0n) is 17.2. The first-order chi connectivity index (χ1) is 14.6. The third kappa shape index (κ3) is 5.80. The molecule has 156 valence electrons. The molecule has 5 nitrogen and oxygen atoms in total. The number of benzene rings is 2. The Kier molecular flexibility index (Phi) is 7.38. The van der Waals surface area contributed by atoms with Crippen LogP contribution in [-0.4, -0.2) is 24.1 Å². The summed E-state index contributed by atoms with van der Waals surface area (Å²) in [7, 11) is 0. The minimum Gasteiger partial charge on any atom is -0.494 e. The number of carbonyl (C=O) groups excluding carboxylic acids is 1. The average molecular weight is 408 g/mol. The van der Waals surface area contributed by atoms with Gasteiger partial charge in [-0.1, -0.05) is 18.2 Å². The molecule has 1 aromatic heterocycles. The number of aromatic nitrogens is 1. The van der Waals surface area contributed by atoms with Gasteiger partial charge >= 0.3 is 0 Å². The van der Waals surface area contributed by atoms with Gasteiger partial charge in [-0.25, -0.2) is 4.39 Å². The summed E-state index contributed by atoms with van der Waals surface area (Å²) in [5, 5.41) is 2.79. The molecule has 0 unspecified atom stereocenters. The molecule has 1 heterocycles. The van der Waals surface area contributed by atoms with E-state index in [0.717, 1.165) is 22.6 Å². The largest absolute Gasteiger partial charge is 0.494 e. The van der Waals surface area contributed by atoms with Gasteiger partial charge in [-0.3, -0.25) is 9.78 Å². The number of hydrogen-bond donors (Lipinski definition) is 1. The molecular weight excluding hydrogens is 383 g/mol. The zero-order valence-corrected chi connectivity index (χ0v) is 17.2. The topological polar surface area (TPSA) is 60.5 Å². The predicted molar refractivity (Wildman–Crippen MR) is 114 cm³/mol. The summed E-state index contributed by atoms with van der Waals surface area (Å²) >= 11 is 0. The second kappa shape index (κ2) is 10.4. The first-order valence-electron chi connectivity index (χ1n) is 9.95. The quantitative estimate of drug-likeness (QED) is 0.565. The molecule has 0 radical (unpaired) electrons. The Bertz CT molecular complexity index is 990. The number of halogens is 1. The summed E-state index contributed by atoms with van der Waals surface area (Å²) in [5.41, 5.74) is 3.17. The van der Waals surface area contributed by atoms with E-state index < -0.39 is 0 Å². The average Bonchev–Trinajstić information content (AvgIpc) is 2.74. The van der Waals surface area contributed by atoms with Gasteiger partial charge in [-0.15, -0.1) is 0 Å². The van der Waals surface area contributed by atoms with E-state index in [-0.39, 0.29) is 24.7 Å². The molecule has 6 heteroatoms. The Morgan fingerprint density at radius 2 is 1.87 bits per heavy atom. The SMILES string of the molecule is CCOc1ccc(-c2ccc(CC(=O)NCc3cccc(F)c3)nc2)c(OCC)c1. The molecule has 0 atom stereocenters. The molecule has 0 fully saturated rings. The highest BCUT2D eigenvalue weighted by Gasteiger charge is 2.10. The first kappa shape index (κ1) is 21.3. The van der Waals surface area contributed by atoms with Crippen LogP contribution in [0, 0.1) is 5.82 Å². The van der Waals surface area contributed by atoms with Crippen molar-refractivity contribution in [2.45, 2.75) is 26.8 Å². The van der Waals surface area contributed by atoms with Gasteiger partial charge in [-0.2, -0.15) is 0 Å². The van der Waals surface area contributed by atoms with Crippen molar-refractivity contribution in [3.63, 3.8) is 0 Å². The molecule has 1 amide bonds. The summed E-state index contributed by atoms with van der Waals surface area (Å²) in [6.45, 7) is 5.27. The standard InChI is InChI=1S/C24H25FN2O3/c1-3-29-21-10-11-22(23(14-21)30-4-2)18-8-9-20(26-16-18)13-24(28)27-15-17-6-5-7-19(25)12-17/h5-12,14,16H,3-4,13,15H2,1-2H3,(H,27,28). The normalized spacial score (nSPS) is 10.5. The molecule has 0 saturated heterocycles. The lowest BCUT2D eigenvalue weighted by Gasteiger charge is -2.13. The molecule has 0 saturated carbocycles. The fraction of sp³-hybridized carbons (Fsp3) is 0.250. The molecule has 0 aliphatic rings. The Hall–Kier alpha value is -3.41. The Labute approximate surface area is 175 Å². The van der Waals surface area contributed by atoms with Crippen molar-refractivity contribution in [2.24, 2.45) is 0 Å². The molecule has 0 spiro atoms. The molecule has 2 aromatic carbocycles. The minimum absolute atomic E-state index is 0.150. The van der Waals surface area contributed by atoms with Crippen LogP contribution in [0.2, 0.25) is 0 Å². The highest BCUT2D eigenvalue weighted by molar-refractivity contribution is 5.78. The van der Waals surface area contributed by atoms with Crippen molar-refractivity contribution < 1.29 is 18.7 Å². The number of ether oxygens (including phenoxy) is 2. The molecular formula is C24H25FN2O3. The molecule has 0 bridgehead atoms. The van der Waals surface area contributed by atoms with Crippen LogP contribution in [0.5, 0.6) is 11.5 Å². The molecule has 0 aliphatic heterocycles. The summed E-state index contributed by atoms with van der Waals surface area (Å²) < 4.78 is 24.5. The summed E-state index contributed by atoms with van der Waals surface area (Å²) in [4.78, 5) is 16.6. The lowest BCUT2D eigenvalue weighted by Crippen LogP contribution is -2.24. The fourth-order valence-corrected chi connectivity index (χ4v) is 3.04. The molecule has 0 aliphatic carbocycles. The Balaban J connectivity index is 1.65. The van der Waals surface area contributed by atoms with Crippen molar-refractivity contribution in [3.05, 3.63) is 77.9 Å². The first-order valence-corrected chi connectivity index (χ1v) is 9.95. The summed E-state index contributed by atoms with van der Waals surface area (Å²) in [6.07, 6.45) is 1.88. The van der Waals surface area contributed by atoms with E-state index in [0.29, 0.717) is 24.5 Å². The maximum atomic E-state index is 13.2. The van der Waals surface area contributed by atoms with Gasteiger partial charge in [0.25, 0.3) is 0 Å². The van der Waals surface area contributed by atoms with Crippen molar-refractivity contribution in [2.75, 3.05) is 13.2 Å². The van der Waals surface area contributed by atoms with E-state index in [1.54, 1.807) is 18.3 Å². The molecule has 3 rings (SSSR count). The molecule has 1 N–H and O–H groups in total. The number of rotatable bonds is 9. The van der Waals surface area contributed by atoms with E-state index in [9.17, 15) is 9.18 Å². The van der Waals surface area contributed by atoms with Gasteiger partial charge in [0.2, 0.25) is 5.91 Å². The van der Waals surface area contributed by atoms with Crippen molar-refractivity contribution in [1.82, 2.24) is 10.3 Å². The van der Waals surface area contributed by atoms with Gasteiger partial charge in [0.1, 0.15) is 17.3 Å². The van der Waals surface area contributed by atoms with Crippen molar-refractivity contribution >= 4 is 5.91 Å².